The van der Waals surface area contributed by atoms with Gasteiger partial charge in [0.05, 0.1) is 56.8 Å². The molecule has 5 aliphatic heterocycles. The Hall–Kier alpha value is -1.83. The van der Waals surface area contributed by atoms with Crippen LogP contribution < -0.4 is 0 Å². The van der Waals surface area contributed by atoms with Crippen LogP contribution in [-0.2, 0) is 52.2 Å². The predicted octanol–water partition coefficient (Wildman–Crippen LogP) is -4.60. The summed E-state index contributed by atoms with van der Waals surface area (Å²) in [4.78, 5) is 15.5. The van der Waals surface area contributed by atoms with Crippen LogP contribution in [0.5, 0.6) is 0 Å². The number of rotatable bonds is 14. The van der Waals surface area contributed by atoms with Crippen molar-refractivity contribution >= 4 is 5.97 Å². The fraction of sp³-hybridized carbons (Fsp3) is 0.949. The number of esters is 1. The summed E-state index contributed by atoms with van der Waals surface area (Å²) in [6.45, 7) is 11.1. The molecule has 5 saturated heterocycles. The van der Waals surface area contributed by atoms with Crippen LogP contribution in [0.15, 0.2) is 11.6 Å². The molecule has 0 spiro atoms. The number of fused-ring (bicyclic) bond motifs is 7. The van der Waals surface area contributed by atoms with E-state index in [0.717, 1.165) is 5.57 Å². The van der Waals surface area contributed by atoms with E-state index in [1.165, 1.54) is 6.92 Å². The highest BCUT2D eigenvalue weighted by Gasteiger charge is 2.72. The smallest absolute Gasteiger partial charge is 0.315 e. The Bertz CT molecular complexity index is 2420. The Morgan fingerprint density at radius 3 is 1.66 bits per heavy atom. The Labute approximate surface area is 504 Å². The van der Waals surface area contributed by atoms with Crippen molar-refractivity contribution in [3.63, 3.8) is 0 Å². The van der Waals surface area contributed by atoms with Crippen LogP contribution in [0.1, 0.15) is 106 Å². The SMILES string of the molecule is CC1OC(OC2C(OC(=O)C34CCC(C)(C)CC3C3=CCC5C6(C)CC(O)C(OC7OC(CO)C(O)C(O)C7O)C(C)(CO)C6CCC5(C)C3(C)CC4)OC(CO)C(O)C2O)C(O)C(O)C1OC1OCC(OC2OC(CO)C(O)C(O)C2O)C(O)C1O. The normalized spacial score (nSPS) is 55.1. The summed E-state index contributed by atoms with van der Waals surface area (Å²) in [7, 11) is 0. The minimum atomic E-state index is -2.00. The summed E-state index contributed by atoms with van der Waals surface area (Å²) < 4.78 is 59.1. The third-order valence-electron chi connectivity index (χ3n) is 23.2. The fourth-order valence-electron chi connectivity index (χ4n) is 17.8. The number of aliphatic hydroxyl groups excluding tert-OH is 17. The second kappa shape index (κ2) is 25.1. The van der Waals surface area contributed by atoms with Gasteiger partial charge in [-0.2, -0.15) is 0 Å². The molecule has 500 valence electrons. The lowest BCUT2D eigenvalue weighted by Gasteiger charge is -2.72. The van der Waals surface area contributed by atoms with Crippen LogP contribution in [0.2, 0.25) is 0 Å². The lowest BCUT2D eigenvalue weighted by atomic mass is 9.33. The first-order chi connectivity index (χ1) is 40.8. The molecule has 34 unspecified atom stereocenters. The average Bonchev–Trinajstić information content (AvgIpc) is 0.678. The van der Waals surface area contributed by atoms with Crippen molar-refractivity contribution in [1.82, 2.24) is 0 Å². The molecule has 5 aliphatic carbocycles. The van der Waals surface area contributed by atoms with E-state index in [0.29, 0.717) is 51.4 Å². The van der Waals surface area contributed by atoms with E-state index in [9.17, 15) is 86.8 Å². The van der Waals surface area contributed by atoms with E-state index in [1.807, 2.05) is 6.92 Å². The highest BCUT2D eigenvalue weighted by atomic mass is 16.8. The van der Waals surface area contributed by atoms with Gasteiger partial charge in [0.25, 0.3) is 0 Å². The zero-order chi connectivity index (χ0) is 63.6. The van der Waals surface area contributed by atoms with Gasteiger partial charge in [0.1, 0.15) is 104 Å². The quantitative estimate of drug-likeness (QED) is 0.0442. The molecule has 0 bridgehead atoms. The van der Waals surface area contributed by atoms with E-state index in [-0.39, 0.29) is 29.6 Å². The highest BCUT2D eigenvalue weighted by molar-refractivity contribution is 5.79. The van der Waals surface area contributed by atoms with Crippen LogP contribution in [0.25, 0.3) is 0 Å². The zero-order valence-corrected chi connectivity index (χ0v) is 50.3. The van der Waals surface area contributed by atoms with Gasteiger partial charge < -0.3 is 134 Å². The van der Waals surface area contributed by atoms with Crippen LogP contribution >= 0.6 is 0 Å². The average molecular weight is 1250 g/mol. The van der Waals surface area contributed by atoms with Gasteiger partial charge in [-0.1, -0.05) is 53.2 Å². The molecular weight excluding hydrogens is 1160 g/mol. The van der Waals surface area contributed by atoms with Crippen LogP contribution in [0.4, 0.5) is 0 Å². The van der Waals surface area contributed by atoms with Crippen LogP contribution in [0, 0.1) is 50.2 Å². The topological polar surface area (TPSA) is 453 Å². The monoisotopic (exact) mass is 1250 g/mol. The number of carbonyl (C=O) groups is 1. The van der Waals surface area contributed by atoms with Gasteiger partial charge >= 0.3 is 5.97 Å². The van der Waals surface area contributed by atoms with E-state index < -0.39 is 226 Å². The van der Waals surface area contributed by atoms with E-state index in [2.05, 4.69) is 40.7 Å². The molecule has 0 aromatic carbocycles. The molecule has 0 radical (unpaired) electrons. The maximum absolute atomic E-state index is 15.5. The predicted molar refractivity (Wildman–Crippen MR) is 291 cm³/mol. The Kier molecular flexibility index (Phi) is 19.7. The van der Waals surface area contributed by atoms with E-state index in [4.69, 9.17) is 47.4 Å². The molecule has 4 saturated carbocycles. The Morgan fingerprint density at radius 2 is 1.06 bits per heavy atom. The second-order valence-electron chi connectivity index (χ2n) is 28.6. The first-order valence-corrected chi connectivity index (χ1v) is 30.9. The molecule has 10 aliphatic rings. The molecule has 87 heavy (non-hydrogen) atoms. The second-order valence-corrected chi connectivity index (χ2v) is 28.6. The highest BCUT2D eigenvalue weighted by Crippen LogP contribution is 2.76. The Morgan fingerprint density at radius 1 is 0.540 bits per heavy atom. The van der Waals surface area contributed by atoms with Gasteiger partial charge in [0, 0.05) is 5.41 Å². The van der Waals surface area contributed by atoms with Crippen molar-refractivity contribution in [3.05, 3.63) is 11.6 Å². The molecule has 28 nitrogen and oxygen atoms in total. The first kappa shape index (κ1) is 68.0. The summed E-state index contributed by atoms with van der Waals surface area (Å²) in [5.74, 6) is -1.32. The number of allylic oxidation sites excluding steroid dienone is 2. The summed E-state index contributed by atoms with van der Waals surface area (Å²) in [6, 6.07) is 0. The molecule has 28 heteroatoms. The van der Waals surface area contributed by atoms with Crippen molar-refractivity contribution in [2.45, 2.75) is 266 Å². The third-order valence-corrected chi connectivity index (χ3v) is 23.2. The summed E-state index contributed by atoms with van der Waals surface area (Å²) in [6.07, 6.45) is -35.6. The van der Waals surface area contributed by atoms with Gasteiger partial charge in [-0.05, 0) is 104 Å². The van der Waals surface area contributed by atoms with Gasteiger partial charge in [-0.3, -0.25) is 4.79 Å². The standard InChI is InChI=1S/C59H96O28/c1-23-45(84-48-41(73)36(68)30(21-78-48)83-50-42(74)37(69)33(65)27(18-60)80-50)40(72)44(76)49(79-23)85-46-39(71)35(67)29(20-62)82-52(46)87-53(77)59-14-12-54(2,3)16-25(59)24-8-9-32-55(4)17-26(64)47(86-51-43(75)38(70)34(66)28(19-61)81-51)56(5,22-63)31(55)10-11-58(32,7)57(24,6)13-15-59/h8,23,25-52,60-76H,9-22H2,1-7H3. The van der Waals surface area contributed by atoms with Crippen molar-refractivity contribution in [3.8, 4) is 0 Å². The van der Waals surface area contributed by atoms with Gasteiger partial charge in [-0.25, -0.2) is 0 Å². The number of hydrogen-bond donors (Lipinski definition) is 17. The van der Waals surface area contributed by atoms with E-state index >= 15 is 4.79 Å². The molecular formula is C59H96O28. The lowest BCUT2D eigenvalue weighted by Crippen LogP contribution is -2.69. The van der Waals surface area contributed by atoms with Crippen LogP contribution in [-0.4, -0.2) is 285 Å². The van der Waals surface area contributed by atoms with Crippen LogP contribution in [0.3, 0.4) is 0 Å². The van der Waals surface area contributed by atoms with Crippen molar-refractivity contribution in [2.24, 2.45) is 50.2 Å². The van der Waals surface area contributed by atoms with E-state index in [1.54, 1.807) is 0 Å². The maximum Gasteiger partial charge on any atom is 0.315 e. The number of aliphatic hydroxyl groups is 17. The fourth-order valence-corrected chi connectivity index (χ4v) is 17.8. The molecule has 5 heterocycles. The molecule has 0 amide bonds. The van der Waals surface area contributed by atoms with Gasteiger partial charge in [-0.15, -0.1) is 0 Å². The molecule has 0 aromatic rings. The Balaban J connectivity index is 0.846. The minimum absolute atomic E-state index is 0.0524. The van der Waals surface area contributed by atoms with Gasteiger partial charge in [0.2, 0.25) is 6.29 Å². The number of carbonyl (C=O) groups excluding carboxylic acids is 1. The summed E-state index contributed by atoms with van der Waals surface area (Å²) in [5, 5.41) is 185. The molecule has 17 N–H and O–H groups in total. The lowest BCUT2D eigenvalue weighted by molar-refractivity contribution is -0.379. The first-order valence-electron chi connectivity index (χ1n) is 30.9. The minimum Gasteiger partial charge on any atom is -0.432 e. The largest absolute Gasteiger partial charge is 0.432 e. The van der Waals surface area contributed by atoms with Crippen molar-refractivity contribution in [1.29, 1.82) is 0 Å². The van der Waals surface area contributed by atoms with Crippen molar-refractivity contribution in [2.75, 3.05) is 33.0 Å². The van der Waals surface area contributed by atoms with Gasteiger partial charge in [0.15, 0.2) is 31.3 Å². The molecule has 9 fully saturated rings. The molecule has 34 atom stereocenters. The zero-order valence-electron chi connectivity index (χ0n) is 50.3. The van der Waals surface area contributed by atoms with Crippen molar-refractivity contribution < 1.29 is 139 Å². The number of ether oxygens (including phenoxy) is 10. The summed E-state index contributed by atoms with van der Waals surface area (Å²) in [5.41, 5.74) is -2.90. The molecule has 0 aromatic heterocycles. The number of hydrogen-bond acceptors (Lipinski definition) is 28. The third kappa shape index (κ3) is 11.3. The molecule has 10 rings (SSSR count). The summed E-state index contributed by atoms with van der Waals surface area (Å²) >= 11 is 0. The maximum atomic E-state index is 15.5.